The summed E-state index contributed by atoms with van der Waals surface area (Å²) >= 11 is 0. The zero-order chi connectivity index (χ0) is 8.27. The van der Waals surface area contributed by atoms with Gasteiger partial charge in [0.05, 0.1) is 23.3 Å². The molecule has 1 aromatic rings. The quantitative estimate of drug-likeness (QED) is 0.676. The smallest absolute Gasteiger partial charge is 0.115 e. The van der Waals surface area contributed by atoms with Crippen molar-refractivity contribution < 1.29 is 4.21 Å². The summed E-state index contributed by atoms with van der Waals surface area (Å²) in [5.74, 6) is 0.397. The highest BCUT2D eigenvalue weighted by atomic mass is 32.2. The molecule has 0 spiro atoms. The molecule has 1 heterocycles. The zero-order valence-electron chi connectivity index (χ0n) is 6.15. The molecule has 0 fully saturated rings. The van der Waals surface area contributed by atoms with Crippen LogP contribution in [0.25, 0.3) is 0 Å². The molecule has 0 bridgehead atoms. The molecule has 0 saturated carbocycles. The van der Waals surface area contributed by atoms with Gasteiger partial charge in [-0.1, -0.05) is 0 Å². The van der Waals surface area contributed by atoms with Gasteiger partial charge in [0.1, 0.15) is 6.33 Å². The van der Waals surface area contributed by atoms with Crippen LogP contribution in [0.4, 0.5) is 5.69 Å². The summed E-state index contributed by atoms with van der Waals surface area (Å²) in [5.41, 5.74) is 6.67. The van der Waals surface area contributed by atoms with Crippen LogP contribution >= 0.6 is 0 Å². The molecule has 0 aliphatic heterocycles. The van der Waals surface area contributed by atoms with Crippen LogP contribution in [0.3, 0.4) is 0 Å². The van der Waals surface area contributed by atoms with Gasteiger partial charge in [0.2, 0.25) is 0 Å². The fourth-order valence-electron chi connectivity index (χ4n) is 0.679. The van der Waals surface area contributed by atoms with Crippen molar-refractivity contribution in [2.45, 2.75) is 5.75 Å². The van der Waals surface area contributed by atoms with Crippen molar-refractivity contribution in [1.29, 1.82) is 0 Å². The van der Waals surface area contributed by atoms with Crippen molar-refractivity contribution in [3.8, 4) is 0 Å². The van der Waals surface area contributed by atoms with Crippen molar-refractivity contribution in [3.63, 3.8) is 0 Å². The third kappa shape index (κ3) is 2.27. The summed E-state index contributed by atoms with van der Waals surface area (Å²) in [5, 5.41) is 0. The zero-order valence-corrected chi connectivity index (χ0v) is 6.97. The third-order valence-electron chi connectivity index (χ3n) is 1.17. The normalized spacial score (nSPS) is 12.8. The number of anilines is 1. The molecular formula is C6H9N3OS. The topological polar surface area (TPSA) is 68.9 Å². The van der Waals surface area contributed by atoms with Crippen molar-refractivity contribution in [2.24, 2.45) is 0 Å². The van der Waals surface area contributed by atoms with Crippen LogP contribution in [0.15, 0.2) is 12.5 Å². The minimum atomic E-state index is -0.897. The lowest BCUT2D eigenvalue weighted by Crippen LogP contribution is -2.01. The number of hydrogen-bond acceptors (Lipinski definition) is 4. The predicted octanol–water partition coefficient (Wildman–Crippen LogP) is -0.0627. The van der Waals surface area contributed by atoms with Gasteiger partial charge in [-0.25, -0.2) is 9.97 Å². The number of rotatable bonds is 2. The summed E-state index contributed by atoms with van der Waals surface area (Å²) in [7, 11) is -0.897. The molecule has 0 radical (unpaired) electrons. The Labute approximate surface area is 67.3 Å². The monoisotopic (exact) mass is 171 g/mol. The maximum absolute atomic E-state index is 10.8. The average molecular weight is 171 g/mol. The number of nitrogens with two attached hydrogens (primary N) is 1. The van der Waals surface area contributed by atoms with E-state index in [-0.39, 0.29) is 0 Å². The molecule has 2 N–H and O–H groups in total. The third-order valence-corrected chi connectivity index (χ3v) is 1.85. The van der Waals surface area contributed by atoms with Crippen LogP contribution in [-0.2, 0) is 16.6 Å². The van der Waals surface area contributed by atoms with Crippen LogP contribution in [-0.4, -0.2) is 20.4 Å². The molecular weight excluding hydrogens is 162 g/mol. The first kappa shape index (κ1) is 8.13. The molecule has 11 heavy (non-hydrogen) atoms. The van der Waals surface area contributed by atoms with E-state index in [1.807, 2.05) is 0 Å². The van der Waals surface area contributed by atoms with E-state index in [2.05, 4.69) is 9.97 Å². The van der Waals surface area contributed by atoms with Gasteiger partial charge in [0.15, 0.2) is 0 Å². The van der Waals surface area contributed by atoms with Gasteiger partial charge in [-0.05, 0) is 0 Å². The van der Waals surface area contributed by atoms with Gasteiger partial charge in [-0.2, -0.15) is 0 Å². The molecule has 4 nitrogen and oxygen atoms in total. The Balaban J connectivity index is 2.86. The summed E-state index contributed by atoms with van der Waals surface area (Å²) in [6.07, 6.45) is 4.52. The van der Waals surface area contributed by atoms with Gasteiger partial charge >= 0.3 is 0 Å². The van der Waals surface area contributed by atoms with E-state index in [1.165, 1.54) is 12.5 Å². The molecule has 1 aromatic heterocycles. The van der Waals surface area contributed by atoms with E-state index >= 15 is 0 Å². The molecule has 0 saturated heterocycles. The summed E-state index contributed by atoms with van der Waals surface area (Å²) in [6, 6.07) is 0. The van der Waals surface area contributed by atoms with Gasteiger partial charge in [0, 0.05) is 17.1 Å². The van der Waals surface area contributed by atoms with E-state index < -0.39 is 10.8 Å². The fraction of sp³-hybridized carbons (Fsp3) is 0.333. The average Bonchev–Trinajstić information content (AvgIpc) is 1.93. The van der Waals surface area contributed by atoms with Crippen molar-refractivity contribution >= 4 is 16.5 Å². The van der Waals surface area contributed by atoms with E-state index in [9.17, 15) is 4.21 Å². The molecule has 1 atom stereocenters. The lowest BCUT2D eigenvalue weighted by molar-refractivity contribution is 0.686. The van der Waals surface area contributed by atoms with E-state index in [4.69, 9.17) is 5.73 Å². The minimum absolute atomic E-state index is 0.397. The lowest BCUT2D eigenvalue weighted by atomic mass is 10.4. The first-order valence-corrected chi connectivity index (χ1v) is 4.77. The van der Waals surface area contributed by atoms with Gasteiger partial charge in [-0.15, -0.1) is 0 Å². The SMILES string of the molecule is CS(=O)Cc1ncncc1N. The molecule has 0 amide bonds. The van der Waals surface area contributed by atoms with Crippen molar-refractivity contribution in [2.75, 3.05) is 12.0 Å². The molecule has 60 valence electrons. The van der Waals surface area contributed by atoms with Crippen LogP contribution in [0, 0.1) is 0 Å². The molecule has 0 aliphatic carbocycles. The highest BCUT2D eigenvalue weighted by Crippen LogP contribution is 2.06. The van der Waals surface area contributed by atoms with E-state index in [0.717, 1.165) is 0 Å². The molecule has 1 rings (SSSR count). The van der Waals surface area contributed by atoms with Crippen LogP contribution in [0.1, 0.15) is 5.69 Å². The maximum atomic E-state index is 10.8. The Morgan fingerprint density at radius 1 is 1.73 bits per heavy atom. The first-order valence-electron chi connectivity index (χ1n) is 3.04. The standard InChI is InChI=1S/C6H9N3OS/c1-11(10)3-6-5(7)2-8-4-9-6/h2,4H,3,7H2,1H3. The Hall–Kier alpha value is -0.970. The second kappa shape index (κ2) is 3.43. The van der Waals surface area contributed by atoms with Gasteiger partial charge < -0.3 is 5.73 Å². The van der Waals surface area contributed by atoms with E-state index in [1.54, 1.807) is 6.26 Å². The number of nitrogens with zero attached hydrogens (tertiary/aromatic N) is 2. The molecule has 0 aromatic carbocycles. The van der Waals surface area contributed by atoms with Crippen LogP contribution in [0.5, 0.6) is 0 Å². The lowest BCUT2D eigenvalue weighted by Gasteiger charge is -1.99. The Kier molecular flexibility index (Phi) is 2.53. The Morgan fingerprint density at radius 3 is 3.00 bits per heavy atom. The summed E-state index contributed by atoms with van der Waals surface area (Å²) < 4.78 is 10.8. The highest BCUT2D eigenvalue weighted by molar-refractivity contribution is 7.83. The molecule has 5 heteroatoms. The number of aromatic nitrogens is 2. The second-order valence-corrected chi connectivity index (χ2v) is 3.58. The highest BCUT2D eigenvalue weighted by Gasteiger charge is 2.01. The summed E-state index contributed by atoms with van der Waals surface area (Å²) in [4.78, 5) is 7.61. The molecule has 1 unspecified atom stereocenters. The van der Waals surface area contributed by atoms with E-state index in [0.29, 0.717) is 17.1 Å². The Morgan fingerprint density at radius 2 is 2.45 bits per heavy atom. The molecule has 0 aliphatic rings. The largest absolute Gasteiger partial charge is 0.396 e. The number of hydrogen-bond donors (Lipinski definition) is 1. The maximum Gasteiger partial charge on any atom is 0.115 e. The van der Waals surface area contributed by atoms with Gasteiger partial charge in [0.25, 0.3) is 0 Å². The summed E-state index contributed by atoms with van der Waals surface area (Å²) in [6.45, 7) is 0. The van der Waals surface area contributed by atoms with Crippen LogP contribution < -0.4 is 5.73 Å². The van der Waals surface area contributed by atoms with Crippen LogP contribution in [0.2, 0.25) is 0 Å². The van der Waals surface area contributed by atoms with Crippen molar-refractivity contribution in [3.05, 3.63) is 18.2 Å². The first-order chi connectivity index (χ1) is 5.20. The number of nitrogen functional groups attached to an aromatic ring is 1. The van der Waals surface area contributed by atoms with Gasteiger partial charge in [-0.3, -0.25) is 4.21 Å². The Bertz CT molecular complexity index is 276. The fourth-order valence-corrected chi connectivity index (χ4v) is 1.31. The van der Waals surface area contributed by atoms with Crippen molar-refractivity contribution in [1.82, 2.24) is 9.97 Å². The minimum Gasteiger partial charge on any atom is -0.396 e. The predicted molar refractivity (Wildman–Crippen MR) is 44.2 cm³/mol. The second-order valence-electron chi connectivity index (χ2n) is 2.14.